The highest BCUT2D eigenvalue weighted by molar-refractivity contribution is 5.96. The van der Waals surface area contributed by atoms with Gasteiger partial charge in [0.1, 0.15) is 18.0 Å². The molecule has 1 aromatic carbocycles. The van der Waals surface area contributed by atoms with Gasteiger partial charge >= 0.3 is 0 Å². The molecule has 0 aliphatic carbocycles. The van der Waals surface area contributed by atoms with E-state index in [1.54, 1.807) is 24.7 Å². The van der Waals surface area contributed by atoms with Crippen LogP contribution in [-0.2, 0) is 11.3 Å². The van der Waals surface area contributed by atoms with Crippen molar-refractivity contribution in [3.63, 3.8) is 0 Å². The molecule has 1 fully saturated rings. The number of hydrogen-bond donors (Lipinski definition) is 1. The third-order valence-electron chi connectivity index (χ3n) is 5.83. The monoisotopic (exact) mass is 418 g/mol. The van der Waals surface area contributed by atoms with Crippen LogP contribution in [0.1, 0.15) is 0 Å². The lowest BCUT2D eigenvalue weighted by atomic mass is 10.0. The lowest BCUT2D eigenvalue weighted by Gasteiger charge is -2.32. The lowest BCUT2D eigenvalue weighted by Crippen LogP contribution is -2.48. The van der Waals surface area contributed by atoms with E-state index in [4.69, 9.17) is 0 Å². The number of aromatic nitrogens is 4. The molecule has 1 aliphatic heterocycles. The highest BCUT2D eigenvalue weighted by atomic mass is 19.1. The molecule has 1 aliphatic rings. The Morgan fingerprint density at radius 1 is 1.06 bits per heavy atom. The quantitative estimate of drug-likeness (QED) is 0.553. The number of pyridine rings is 1. The number of halogens is 1. The third-order valence-corrected chi connectivity index (χ3v) is 5.83. The van der Waals surface area contributed by atoms with Crippen molar-refractivity contribution in [2.24, 2.45) is 0 Å². The summed E-state index contributed by atoms with van der Waals surface area (Å²) in [6.07, 6.45) is 5.28. The second-order valence-electron chi connectivity index (χ2n) is 7.86. The molecule has 4 aromatic rings. The van der Waals surface area contributed by atoms with Crippen LogP contribution in [-0.4, -0.2) is 68.5 Å². The van der Waals surface area contributed by atoms with Gasteiger partial charge in [0, 0.05) is 55.1 Å². The van der Waals surface area contributed by atoms with Crippen molar-refractivity contribution in [2.45, 2.75) is 6.54 Å². The maximum atomic E-state index is 13.5. The lowest BCUT2D eigenvalue weighted by molar-refractivity contribution is -0.133. The molecular weight excluding hydrogens is 395 g/mol. The minimum Gasteiger partial charge on any atom is -0.346 e. The molecule has 1 N–H and O–H groups in total. The van der Waals surface area contributed by atoms with Gasteiger partial charge in [-0.25, -0.2) is 14.4 Å². The average Bonchev–Trinajstić information content (AvgIpc) is 3.42. The summed E-state index contributed by atoms with van der Waals surface area (Å²) >= 11 is 0. The number of imidazole rings is 1. The number of H-pyrrole nitrogens is 1. The van der Waals surface area contributed by atoms with E-state index < -0.39 is 0 Å². The number of likely N-dealkylation sites (N-methyl/N-ethyl adjacent to an activating group) is 1. The summed E-state index contributed by atoms with van der Waals surface area (Å²) < 4.78 is 15.4. The number of carbonyl (C=O) groups excluding carboxylic acids is 1. The zero-order chi connectivity index (χ0) is 21.4. The van der Waals surface area contributed by atoms with Crippen LogP contribution in [0.4, 0.5) is 4.39 Å². The molecule has 31 heavy (non-hydrogen) atoms. The number of aromatic amines is 1. The van der Waals surface area contributed by atoms with Crippen LogP contribution in [0, 0.1) is 5.82 Å². The Labute approximate surface area is 179 Å². The van der Waals surface area contributed by atoms with Crippen LogP contribution in [0.5, 0.6) is 0 Å². The average molecular weight is 418 g/mol. The minimum atomic E-state index is -0.299. The summed E-state index contributed by atoms with van der Waals surface area (Å²) in [5.74, 6) is -0.233. The van der Waals surface area contributed by atoms with Crippen LogP contribution >= 0.6 is 0 Å². The first-order valence-corrected chi connectivity index (χ1v) is 10.3. The zero-order valence-corrected chi connectivity index (χ0v) is 17.3. The predicted molar refractivity (Wildman–Crippen MR) is 117 cm³/mol. The molecule has 1 amide bonds. The zero-order valence-electron chi connectivity index (χ0n) is 17.3. The first kappa shape index (κ1) is 19.4. The molecule has 3 aromatic heterocycles. The number of piperazine rings is 1. The molecule has 158 valence electrons. The third kappa shape index (κ3) is 3.70. The van der Waals surface area contributed by atoms with Crippen LogP contribution in [0.15, 0.2) is 55.1 Å². The van der Waals surface area contributed by atoms with E-state index >= 15 is 0 Å². The van der Waals surface area contributed by atoms with Gasteiger partial charge in [0.25, 0.3) is 0 Å². The molecule has 0 bridgehead atoms. The molecule has 5 rings (SSSR count). The second-order valence-corrected chi connectivity index (χ2v) is 7.86. The van der Waals surface area contributed by atoms with Gasteiger partial charge < -0.3 is 19.4 Å². The number of nitrogens with one attached hydrogen (secondary N) is 1. The molecule has 8 heteroatoms. The fourth-order valence-electron chi connectivity index (χ4n) is 4.07. The fraction of sp³-hybridized carbons (Fsp3) is 0.261. The van der Waals surface area contributed by atoms with E-state index in [9.17, 15) is 9.18 Å². The van der Waals surface area contributed by atoms with Crippen molar-refractivity contribution in [3.05, 3.63) is 60.9 Å². The number of fused-ring (bicyclic) bond motifs is 1. The predicted octanol–water partition coefficient (Wildman–Crippen LogP) is 3.01. The van der Waals surface area contributed by atoms with Gasteiger partial charge in [-0.15, -0.1) is 0 Å². The van der Waals surface area contributed by atoms with Crippen LogP contribution in [0.2, 0.25) is 0 Å². The highest BCUT2D eigenvalue weighted by Gasteiger charge is 2.23. The molecule has 0 saturated carbocycles. The maximum absolute atomic E-state index is 13.5. The first-order valence-electron chi connectivity index (χ1n) is 10.3. The van der Waals surface area contributed by atoms with Crippen molar-refractivity contribution in [1.82, 2.24) is 29.3 Å². The van der Waals surface area contributed by atoms with Gasteiger partial charge in [-0.2, -0.15) is 0 Å². The molecule has 7 nitrogen and oxygen atoms in total. The fourth-order valence-corrected chi connectivity index (χ4v) is 4.07. The number of hydrogen-bond acceptors (Lipinski definition) is 4. The number of nitrogens with zero attached hydrogens (tertiary/aromatic N) is 5. The molecule has 0 unspecified atom stereocenters. The first-order chi connectivity index (χ1) is 15.1. The van der Waals surface area contributed by atoms with Gasteiger partial charge in [0.2, 0.25) is 5.91 Å². The van der Waals surface area contributed by atoms with Gasteiger partial charge in [0.05, 0.1) is 17.7 Å². The molecule has 0 atom stereocenters. The summed E-state index contributed by atoms with van der Waals surface area (Å²) in [5, 5.41) is 0.944. The molecule has 0 radical (unpaired) electrons. The molecule has 0 spiro atoms. The Morgan fingerprint density at radius 2 is 1.84 bits per heavy atom. The van der Waals surface area contributed by atoms with E-state index in [0.29, 0.717) is 5.69 Å². The summed E-state index contributed by atoms with van der Waals surface area (Å²) in [6.45, 7) is 3.39. The van der Waals surface area contributed by atoms with Crippen molar-refractivity contribution in [3.8, 4) is 22.5 Å². The summed E-state index contributed by atoms with van der Waals surface area (Å²) in [6, 6.07) is 10.2. The molecule has 1 saturated heterocycles. The number of benzene rings is 1. The van der Waals surface area contributed by atoms with E-state index in [0.717, 1.165) is 54.0 Å². The normalized spacial score (nSPS) is 15.0. The van der Waals surface area contributed by atoms with E-state index in [1.165, 1.54) is 12.1 Å². The van der Waals surface area contributed by atoms with Gasteiger partial charge in [-0.1, -0.05) is 0 Å². The Balaban J connectivity index is 1.58. The largest absolute Gasteiger partial charge is 0.346 e. The van der Waals surface area contributed by atoms with Gasteiger partial charge in [-0.05, 0) is 43.4 Å². The van der Waals surface area contributed by atoms with Gasteiger partial charge in [-0.3, -0.25) is 4.79 Å². The molecular formula is C23H23FN6O. The standard InChI is InChI=1S/C23H23FN6O/c1-28-10-12-29(13-11-28)20(31)14-30-15-27-21(16-2-4-17(24)5-3-16)22(30)18-6-8-25-23-19(18)7-9-26-23/h2-9,15H,10-14H2,1H3,(H,25,26). The van der Waals surface area contributed by atoms with Crippen molar-refractivity contribution in [2.75, 3.05) is 33.2 Å². The van der Waals surface area contributed by atoms with Crippen molar-refractivity contribution in [1.29, 1.82) is 0 Å². The topological polar surface area (TPSA) is 70.1 Å². The summed E-state index contributed by atoms with van der Waals surface area (Å²) in [5.41, 5.74) is 4.01. The van der Waals surface area contributed by atoms with Crippen LogP contribution in [0.25, 0.3) is 33.5 Å². The summed E-state index contributed by atoms with van der Waals surface area (Å²) in [4.78, 5) is 29.3. The minimum absolute atomic E-state index is 0.0665. The van der Waals surface area contributed by atoms with Crippen LogP contribution in [0.3, 0.4) is 0 Å². The number of amides is 1. The van der Waals surface area contributed by atoms with E-state index in [2.05, 4.69) is 26.9 Å². The Morgan fingerprint density at radius 3 is 2.61 bits per heavy atom. The smallest absolute Gasteiger partial charge is 0.242 e. The highest BCUT2D eigenvalue weighted by Crippen LogP contribution is 2.35. The second kappa shape index (κ2) is 7.96. The number of carbonyl (C=O) groups is 1. The van der Waals surface area contributed by atoms with E-state index in [-0.39, 0.29) is 18.3 Å². The number of rotatable bonds is 4. The Bertz CT molecular complexity index is 1220. The van der Waals surface area contributed by atoms with E-state index in [1.807, 2.05) is 27.8 Å². The Hall–Kier alpha value is -3.52. The summed E-state index contributed by atoms with van der Waals surface area (Å²) in [7, 11) is 2.07. The van der Waals surface area contributed by atoms with Crippen molar-refractivity contribution < 1.29 is 9.18 Å². The SMILES string of the molecule is CN1CCN(C(=O)Cn2cnc(-c3ccc(F)cc3)c2-c2ccnc3[nH]ccc23)CC1. The molecule has 4 heterocycles. The van der Waals surface area contributed by atoms with Crippen LogP contribution < -0.4 is 0 Å². The Kier molecular flexibility index (Phi) is 4.99. The van der Waals surface area contributed by atoms with Crippen molar-refractivity contribution >= 4 is 16.9 Å². The maximum Gasteiger partial charge on any atom is 0.242 e. The van der Waals surface area contributed by atoms with Gasteiger partial charge in [0.15, 0.2) is 0 Å².